The van der Waals surface area contributed by atoms with Gasteiger partial charge in [0, 0.05) is 42.5 Å². The molecule has 4 nitrogen and oxygen atoms in total. The molecule has 0 saturated carbocycles. The predicted molar refractivity (Wildman–Crippen MR) is 74.4 cm³/mol. The molecule has 2 rings (SSSR count). The molecular weight excluding hydrogens is 296 g/mol. The summed E-state index contributed by atoms with van der Waals surface area (Å²) in [7, 11) is 1.69. The Morgan fingerprint density at radius 1 is 1.39 bits per heavy atom. The highest BCUT2D eigenvalue weighted by atomic mass is 79.9. The van der Waals surface area contributed by atoms with Crippen molar-refractivity contribution in [2.45, 2.75) is 19.4 Å². The van der Waals surface area contributed by atoms with Gasteiger partial charge < -0.3 is 9.94 Å². The highest BCUT2D eigenvalue weighted by Crippen LogP contribution is 2.25. The third-order valence-corrected chi connectivity index (χ3v) is 3.70. The van der Waals surface area contributed by atoms with E-state index in [0.29, 0.717) is 0 Å². The lowest BCUT2D eigenvalue weighted by Gasteiger charge is -2.27. The van der Waals surface area contributed by atoms with E-state index in [9.17, 15) is 0 Å². The molecule has 5 heteroatoms. The number of piperidine rings is 1. The Morgan fingerprint density at radius 2 is 2.11 bits per heavy atom. The molecule has 0 aromatic heterocycles. The molecule has 1 N–H and O–H groups in total. The third-order valence-electron chi connectivity index (χ3n) is 3.21. The highest BCUT2D eigenvalue weighted by Gasteiger charge is 2.17. The van der Waals surface area contributed by atoms with E-state index in [4.69, 9.17) is 9.94 Å². The van der Waals surface area contributed by atoms with Crippen molar-refractivity contribution in [1.29, 1.82) is 0 Å². The molecule has 1 aromatic rings. The number of nitrogens with zero attached hydrogens (tertiary/aromatic N) is 2. The minimum atomic E-state index is 0.840. The minimum Gasteiger partial charge on any atom is -0.496 e. The highest BCUT2D eigenvalue weighted by molar-refractivity contribution is 9.10. The number of halogens is 1. The topological polar surface area (TPSA) is 45.1 Å². The van der Waals surface area contributed by atoms with E-state index < -0.39 is 0 Å². The van der Waals surface area contributed by atoms with Crippen molar-refractivity contribution in [3.05, 3.63) is 28.2 Å². The fourth-order valence-electron chi connectivity index (χ4n) is 2.18. The molecule has 1 heterocycles. The van der Waals surface area contributed by atoms with E-state index in [1.54, 1.807) is 7.11 Å². The molecule has 1 fully saturated rings. The van der Waals surface area contributed by atoms with Crippen molar-refractivity contribution in [3.63, 3.8) is 0 Å². The predicted octanol–water partition coefficient (Wildman–Crippen LogP) is 2.88. The number of oxime groups is 1. The zero-order valence-electron chi connectivity index (χ0n) is 10.4. The average Bonchev–Trinajstić information content (AvgIpc) is 2.40. The molecule has 1 saturated heterocycles. The monoisotopic (exact) mass is 312 g/mol. The Bertz CT molecular complexity index is 439. The van der Waals surface area contributed by atoms with Gasteiger partial charge in [0.2, 0.25) is 0 Å². The summed E-state index contributed by atoms with van der Waals surface area (Å²) in [5, 5.41) is 12.0. The average molecular weight is 313 g/mol. The van der Waals surface area contributed by atoms with Gasteiger partial charge in [-0.05, 0) is 18.2 Å². The largest absolute Gasteiger partial charge is 0.496 e. The van der Waals surface area contributed by atoms with E-state index in [2.05, 4.69) is 32.1 Å². The maximum Gasteiger partial charge on any atom is 0.123 e. The minimum absolute atomic E-state index is 0.840. The van der Waals surface area contributed by atoms with Crippen molar-refractivity contribution in [3.8, 4) is 5.75 Å². The molecule has 98 valence electrons. The molecule has 0 aliphatic carbocycles. The standard InChI is InChI=1S/C13H17BrN2O2/c1-18-13-3-2-11(14)8-10(13)9-16-6-4-12(15-17)5-7-16/h2-3,8,17H,4-7,9H2,1H3. The van der Waals surface area contributed by atoms with Gasteiger partial charge in [-0.1, -0.05) is 21.1 Å². The van der Waals surface area contributed by atoms with E-state index in [1.807, 2.05) is 12.1 Å². The van der Waals surface area contributed by atoms with Crippen LogP contribution in [0.2, 0.25) is 0 Å². The first-order chi connectivity index (χ1) is 8.72. The van der Waals surface area contributed by atoms with Crippen LogP contribution in [0.5, 0.6) is 5.75 Å². The molecule has 0 unspecified atom stereocenters. The SMILES string of the molecule is COc1ccc(Br)cc1CN1CCC(=NO)CC1. The van der Waals surface area contributed by atoms with Crippen LogP contribution in [0.25, 0.3) is 0 Å². The molecule has 0 radical (unpaired) electrons. The molecule has 1 aliphatic heterocycles. The van der Waals surface area contributed by atoms with Gasteiger partial charge in [0.05, 0.1) is 12.8 Å². The first kappa shape index (κ1) is 13.4. The molecule has 0 spiro atoms. The number of hydrogen-bond acceptors (Lipinski definition) is 4. The maximum absolute atomic E-state index is 8.73. The van der Waals surface area contributed by atoms with Crippen LogP contribution in [-0.2, 0) is 6.54 Å². The second kappa shape index (κ2) is 6.20. The van der Waals surface area contributed by atoms with Crippen molar-refractivity contribution >= 4 is 21.6 Å². The number of methoxy groups -OCH3 is 1. The summed E-state index contributed by atoms with van der Waals surface area (Å²) >= 11 is 3.48. The fraction of sp³-hybridized carbons (Fsp3) is 0.462. The summed E-state index contributed by atoms with van der Waals surface area (Å²) in [6, 6.07) is 6.05. The molecular formula is C13H17BrN2O2. The van der Waals surface area contributed by atoms with Gasteiger partial charge in [0.15, 0.2) is 0 Å². The first-order valence-corrected chi connectivity index (χ1v) is 6.77. The number of rotatable bonds is 3. The van der Waals surface area contributed by atoms with Gasteiger partial charge in [0.25, 0.3) is 0 Å². The fourth-order valence-corrected chi connectivity index (χ4v) is 2.59. The Labute approximate surface area is 115 Å². The normalized spacial score (nSPS) is 16.7. The van der Waals surface area contributed by atoms with E-state index in [0.717, 1.165) is 48.4 Å². The van der Waals surface area contributed by atoms with Gasteiger partial charge in [-0.15, -0.1) is 0 Å². The van der Waals surface area contributed by atoms with Crippen molar-refractivity contribution in [1.82, 2.24) is 4.90 Å². The molecule has 18 heavy (non-hydrogen) atoms. The molecule has 0 amide bonds. The van der Waals surface area contributed by atoms with E-state index in [-0.39, 0.29) is 0 Å². The third kappa shape index (κ3) is 3.23. The van der Waals surface area contributed by atoms with Crippen LogP contribution in [0.15, 0.2) is 27.8 Å². The second-order valence-electron chi connectivity index (χ2n) is 4.40. The second-order valence-corrected chi connectivity index (χ2v) is 5.31. The van der Waals surface area contributed by atoms with Gasteiger partial charge in [-0.2, -0.15) is 0 Å². The maximum atomic E-state index is 8.73. The van der Waals surface area contributed by atoms with Crippen LogP contribution in [0.1, 0.15) is 18.4 Å². The van der Waals surface area contributed by atoms with Gasteiger partial charge in [-0.25, -0.2) is 0 Å². The van der Waals surface area contributed by atoms with Crippen molar-refractivity contribution in [2.75, 3.05) is 20.2 Å². The van der Waals surface area contributed by atoms with E-state index >= 15 is 0 Å². The van der Waals surface area contributed by atoms with Crippen molar-refractivity contribution in [2.24, 2.45) is 5.16 Å². The van der Waals surface area contributed by atoms with Crippen molar-refractivity contribution < 1.29 is 9.94 Å². The summed E-state index contributed by atoms with van der Waals surface area (Å²) < 4.78 is 6.44. The van der Waals surface area contributed by atoms with Crippen LogP contribution >= 0.6 is 15.9 Å². The number of ether oxygens (including phenoxy) is 1. The Hall–Kier alpha value is -1.07. The summed E-state index contributed by atoms with van der Waals surface area (Å²) in [5.74, 6) is 0.917. The number of likely N-dealkylation sites (tertiary alicyclic amines) is 1. The molecule has 0 bridgehead atoms. The molecule has 1 aromatic carbocycles. The summed E-state index contributed by atoms with van der Waals surface area (Å²) in [4.78, 5) is 2.35. The van der Waals surface area contributed by atoms with E-state index in [1.165, 1.54) is 5.56 Å². The van der Waals surface area contributed by atoms with Crippen LogP contribution in [0.4, 0.5) is 0 Å². The molecule has 1 aliphatic rings. The smallest absolute Gasteiger partial charge is 0.123 e. The zero-order chi connectivity index (χ0) is 13.0. The lowest BCUT2D eigenvalue weighted by Crippen LogP contribution is -2.33. The van der Waals surface area contributed by atoms with Crippen LogP contribution < -0.4 is 4.74 Å². The summed E-state index contributed by atoms with van der Waals surface area (Å²) in [6.45, 7) is 2.71. The van der Waals surface area contributed by atoms with Crippen LogP contribution in [0, 0.1) is 0 Å². The van der Waals surface area contributed by atoms with Gasteiger partial charge in [0.1, 0.15) is 5.75 Å². The number of benzene rings is 1. The lowest BCUT2D eigenvalue weighted by atomic mass is 10.1. The Morgan fingerprint density at radius 3 is 2.72 bits per heavy atom. The summed E-state index contributed by atoms with van der Waals surface area (Å²) in [6.07, 6.45) is 1.68. The molecule has 0 atom stereocenters. The first-order valence-electron chi connectivity index (χ1n) is 5.97. The van der Waals surface area contributed by atoms with Gasteiger partial charge in [-0.3, -0.25) is 4.90 Å². The quantitative estimate of drug-likeness (QED) is 0.689. The van der Waals surface area contributed by atoms with Crippen LogP contribution in [-0.4, -0.2) is 36.0 Å². The zero-order valence-corrected chi connectivity index (χ0v) is 12.0. The Kier molecular flexibility index (Phi) is 4.60. The number of hydrogen-bond donors (Lipinski definition) is 1. The van der Waals surface area contributed by atoms with Crippen LogP contribution in [0.3, 0.4) is 0 Å². The Balaban J connectivity index is 2.03. The summed E-state index contributed by atoms with van der Waals surface area (Å²) in [5.41, 5.74) is 2.07. The van der Waals surface area contributed by atoms with Gasteiger partial charge >= 0.3 is 0 Å². The lowest BCUT2D eigenvalue weighted by molar-refractivity contribution is 0.252.